The van der Waals surface area contributed by atoms with Crippen LogP contribution in [0.15, 0.2) is 0 Å². The highest BCUT2D eigenvalue weighted by Crippen LogP contribution is 2.27. The smallest absolute Gasteiger partial charge is 0.156 e. The fourth-order valence-corrected chi connectivity index (χ4v) is 4.17. The summed E-state index contributed by atoms with van der Waals surface area (Å²) in [5, 5.41) is 4.90. The molecular formula is C19H34N4O. The van der Waals surface area contributed by atoms with Crippen molar-refractivity contribution in [1.29, 1.82) is 0 Å². The molecule has 5 nitrogen and oxygen atoms in total. The molecule has 0 amide bonds. The SMILES string of the molecule is CO[C@@H](C)c1nc(CC2CCN(C)CC2)nn1CC1CCCCC1. The topological polar surface area (TPSA) is 43.2 Å². The molecule has 2 fully saturated rings. The Labute approximate surface area is 146 Å². The number of rotatable bonds is 6. The number of aromatic nitrogens is 3. The van der Waals surface area contributed by atoms with Crippen LogP contribution in [-0.2, 0) is 17.7 Å². The molecule has 2 heterocycles. The maximum absolute atomic E-state index is 5.55. The van der Waals surface area contributed by atoms with Gasteiger partial charge in [-0.2, -0.15) is 5.10 Å². The normalized spacial score (nSPS) is 22.8. The van der Waals surface area contributed by atoms with Crippen LogP contribution in [0.4, 0.5) is 0 Å². The van der Waals surface area contributed by atoms with Crippen LogP contribution >= 0.6 is 0 Å². The summed E-state index contributed by atoms with van der Waals surface area (Å²) in [7, 11) is 3.98. The van der Waals surface area contributed by atoms with Gasteiger partial charge in [0, 0.05) is 20.1 Å². The second-order valence-electron chi connectivity index (χ2n) is 7.90. The molecule has 1 atom stereocenters. The van der Waals surface area contributed by atoms with Gasteiger partial charge in [-0.15, -0.1) is 0 Å². The lowest BCUT2D eigenvalue weighted by Crippen LogP contribution is -2.31. The minimum atomic E-state index is 0.0207. The molecule has 0 unspecified atom stereocenters. The number of likely N-dealkylation sites (tertiary alicyclic amines) is 1. The van der Waals surface area contributed by atoms with E-state index in [1.54, 1.807) is 7.11 Å². The van der Waals surface area contributed by atoms with Crippen LogP contribution < -0.4 is 0 Å². The Hall–Kier alpha value is -0.940. The second-order valence-corrected chi connectivity index (χ2v) is 7.90. The van der Waals surface area contributed by atoms with Crippen molar-refractivity contribution in [2.24, 2.45) is 11.8 Å². The van der Waals surface area contributed by atoms with Crippen molar-refractivity contribution in [1.82, 2.24) is 19.7 Å². The van der Waals surface area contributed by atoms with E-state index in [1.807, 2.05) is 0 Å². The number of ether oxygens (including phenoxy) is 1. The highest BCUT2D eigenvalue weighted by Gasteiger charge is 2.23. The van der Waals surface area contributed by atoms with Crippen molar-refractivity contribution in [2.45, 2.75) is 70.9 Å². The van der Waals surface area contributed by atoms with Gasteiger partial charge in [-0.25, -0.2) is 9.67 Å². The monoisotopic (exact) mass is 334 g/mol. The quantitative estimate of drug-likeness (QED) is 0.799. The van der Waals surface area contributed by atoms with Gasteiger partial charge in [0.05, 0.1) is 0 Å². The Morgan fingerprint density at radius 2 is 1.79 bits per heavy atom. The highest BCUT2D eigenvalue weighted by atomic mass is 16.5. The van der Waals surface area contributed by atoms with Crippen LogP contribution in [0.3, 0.4) is 0 Å². The van der Waals surface area contributed by atoms with Gasteiger partial charge in [-0.3, -0.25) is 0 Å². The fourth-order valence-electron chi connectivity index (χ4n) is 4.17. The summed E-state index contributed by atoms with van der Waals surface area (Å²) >= 11 is 0. The number of hydrogen-bond acceptors (Lipinski definition) is 4. The molecule has 1 aliphatic carbocycles. The van der Waals surface area contributed by atoms with Crippen molar-refractivity contribution < 1.29 is 4.74 Å². The molecule has 0 N–H and O–H groups in total. The van der Waals surface area contributed by atoms with Crippen molar-refractivity contribution >= 4 is 0 Å². The van der Waals surface area contributed by atoms with E-state index < -0.39 is 0 Å². The zero-order valence-corrected chi connectivity index (χ0v) is 15.7. The average Bonchev–Trinajstić information content (AvgIpc) is 2.99. The van der Waals surface area contributed by atoms with E-state index in [9.17, 15) is 0 Å². The molecule has 0 radical (unpaired) electrons. The average molecular weight is 335 g/mol. The summed E-state index contributed by atoms with van der Waals surface area (Å²) in [6.07, 6.45) is 10.4. The molecule has 1 saturated carbocycles. The first kappa shape index (κ1) is 17.9. The minimum Gasteiger partial charge on any atom is -0.374 e. The molecule has 2 aliphatic rings. The van der Waals surface area contributed by atoms with Crippen LogP contribution in [0.25, 0.3) is 0 Å². The van der Waals surface area contributed by atoms with Crippen LogP contribution in [0.5, 0.6) is 0 Å². The number of piperidine rings is 1. The largest absolute Gasteiger partial charge is 0.374 e. The van der Waals surface area contributed by atoms with Crippen LogP contribution in [0, 0.1) is 11.8 Å². The fraction of sp³-hybridized carbons (Fsp3) is 0.895. The summed E-state index contributed by atoms with van der Waals surface area (Å²) < 4.78 is 7.71. The maximum atomic E-state index is 5.55. The van der Waals surface area contributed by atoms with Crippen molar-refractivity contribution in [3.63, 3.8) is 0 Å². The lowest BCUT2D eigenvalue weighted by molar-refractivity contribution is 0.105. The summed E-state index contributed by atoms with van der Waals surface area (Å²) in [5.41, 5.74) is 0. The Kier molecular flexibility index (Phi) is 6.28. The Morgan fingerprint density at radius 1 is 1.08 bits per heavy atom. The zero-order valence-electron chi connectivity index (χ0n) is 15.7. The lowest BCUT2D eigenvalue weighted by atomic mass is 9.89. The Balaban J connectivity index is 1.68. The van der Waals surface area contributed by atoms with E-state index in [1.165, 1.54) is 58.0 Å². The van der Waals surface area contributed by atoms with E-state index in [-0.39, 0.29) is 6.10 Å². The van der Waals surface area contributed by atoms with Crippen molar-refractivity contribution in [2.75, 3.05) is 27.2 Å². The summed E-state index contributed by atoms with van der Waals surface area (Å²) in [6.45, 7) is 5.51. The molecule has 0 bridgehead atoms. The first-order valence-corrected chi connectivity index (χ1v) is 9.80. The predicted octanol–water partition coefficient (Wildman–Crippen LogP) is 3.45. The van der Waals surface area contributed by atoms with Crippen LogP contribution in [0.1, 0.15) is 69.6 Å². The molecule has 24 heavy (non-hydrogen) atoms. The van der Waals surface area contributed by atoms with Gasteiger partial charge in [-0.05, 0) is 64.6 Å². The molecule has 0 spiro atoms. The van der Waals surface area contributed by atoms with E-state index in [4.69, 9.17) is 14.8 Å². The molecule has 136 valence electrons. The van der Waals surface area contributed by atoms with Gasteiger partial charge >= 0.3 is 0 Å². The first-order valence-electron chi connectivity index (χ1n) is 9.80. The highest BCUT2D eigenvalue weighted by molar-refractivity contribution is 4.98. The van der Waals surface area contributed by atoms with Gasteiger partial charge in [0.15, 0.2) is 11.6 Å². The molecule has 1 aliphatic heterocycles. The maximum Gasteiger partial charge on any atom is 0.156 e. The summed E-state index contributed by atoms with van der Waals surface area (Å²) in [6, 6.07) is 0. The van der Waals surface area contributed by atoms with E-state index in [0.29, 0.717) is 0 Å². The van der Waals surface area contributed by atoms with Crippen molar-refractivity contribution in [3.05, 3.63) is 11.6 Å². The van der Waals surface area contributed by atoms with Crippen molar-refractivity contribution in [3.8, 4) is 0 Å². The molecule has 1 aromatic rings. The third-order valence-corrected chi connectivity index (χ3v) is 5.93. The van der Waals surface area contributed by atoms with Gasteiger partial charge in [0.1, 0.15) is 6.10 Å². The number of hydrogen-bond donors (Lipinski definition) is 0. The third-order valence-electron chi connectivity index (χ3n) is 5.93. The Morgan fingerprint density at radius 3 is 2.46 bits per heavy atom. The number of nitrogens with zero attached hydrogens (tertiary/aromatic N) is 4. The third kappa shape index (κ3) is 4.57. The van der Waals surface area contributed by atoms with Gasteiger partial charge in [0.2, 0.25) is 0 Å². The van der Waals surface area contributed by atoms with E-state index in [0.717, 1.165) is 36.5 Å². The molecule has 3 rings (SSSR count). The van der Waals surface area contributed by atoms with Crippen LogP contribution in [-0.4, -0.2) is 46.9 Å². The molecule has 1 aromatic heterocycles. The lowest BCUT2D eigenvalue weighted by Gasteiger charge is -2.28. The zero-order chi connectivity index (χ0) is 16.9. The predicted molar refractivity (Wildman–Crippen MR) is 95.9 cm³/mol. The summed E-state index contributed by atoms with van der Waals surface area (Å²) in [5.74, 6) is 3.54. The van der Waals surface area contributed by atoms with E-state index >= 15 is 0 Å². The van der Waals surface area contributed by atoms with Crippen LogP contribution in [0.2, 0.25) is 0 Å². The molecule has 1 saturated heterocycles. The molecule has 5 heteroatoms. The van der Waals surface area contributed by atoms with E-state index in [2.05, 4.69) is 23.6 Å². The van der Waals surface area contributed by atoms with Gasteiger partial charge in [0.25, 0.3) is 0 Å². The minimum absolute atomic E-state index is 0.0207. The van der Waals surface area contributed by atoms with Gasteiger partial charge in [-0.1, -0.05) is 19.3 Å². The standard InChI is InChI=1S/C19H34N4O/c1-15(24-3)19-20-18(13-16-9-11-22(2)12-10-16)21-23(19)14-17-7-5-4-6-8-17/h15-17H,4-14H2,1-3H3/t15-/m0/s1. The second kappa shape index (κ2) is 8.43. The number of methoxy groups -OCH3 is 1. The molecule has 0 aromatic carbocycles. The molecular weight excluding hydrogens is 300 g/mol. The first-order chi connectivity index (χ1) is 11.7. The Bertz CT molecular complexity index is 501. The van der Waals surface area contributed by atoms with Gasteiger partial charge < -0.3 is 9.64 Å². The summed E-state index contributed by atoms with van der Waals surface area (Å²) in [4.78, 5) is 7.29.